The first-order chi connectivity index (χ1) is 8.19. The molecule has 0 atom stereocenters. The van der Waals surface area contributed by atoms with Gasteiger partial charge in [0.2, 0.25) is 5.91 Å². The average Bonchev–Trinajstić information content (AvgIpc) is 2.32. The van der Waals surface area contributed by atoms with Crippen molar-refractivity contribution in [3.05, 3.63) is 29.3 Å². The summed E-state index contributed by atoms with van der Waals surface area (Å²) >= 11 is 0. The maximum Gasteiger partial charge on any atom is 0.224 e. The number of aliphatic hydroxyl groups excluding tert-OH is 1. The van der Waals surface area contributed by atoms with Gasteiger partial charge in [-0.3, -0.25) is 4.79 Å². The Bertz CT molecular complexity index is 374. The van der Waals surface area contributed by atoms with E-state index >= 15 is 0 Å². The molecule has 3 nitrogen and oxygen atoms in total. The van der Waals surface area contributed by atoms with Crippen molar-refractivity contribution >= 4 is 11.6 Å². The average molecular weight is 235 g/mol. The van der Waals surface area contributed by atoms with Gasteiger partial charge in [0, 0.05) is 18.7 Å². The first kappa shape index (κ1) is 13.7. The van der Waals surface area contributed by atoms with Crippen LogP contribution in [0.2, 0.25) is 0 Å². The number of amides is 1. The topological polar surface area (TPSA) is 49.3 Å². The third-order valence-corrected chi connectivity index (χ3v) is 2.82. The Balaban J connectivity index is 2.64. The molecule has 0 heterocycles. The van der Waals surface area contributed by atoms with Gasteiger partial charge < -0.3 is 10.4 Å². The number of hydrogen-bond donors (Lipinski definition) is 2. The number of para-hydroxylation sites is 1. The van der Waals surface area contributed by atoms with Gasteiger partial charge in [-0.2, -0.15) is 0 Å². The molecule has 0 radical (unpaired) electrons. The molecule has 2 N–H and O–H groups in total. The molecule has 1 amide bonds. The van der Waals surface area contributed by atoms with E-state index < -0.39 is 0 Å². The van der Waals surface area contributed by atoms with Crippen LogP contribution in [-0.4, -0.2) is 17.6 Å². The number of rotatable bonds is 6. The monoisotopic (exact) mass is 235 g/mol. The van der Waals surface area contributed by atoms with Crippen molar-refractivity contribution in [3.8, 4) is 0 Å². The van der Waals surface area contributed by atoms with Crippen molar-refractivity contribution in [2.24, 2.45) is 0 Å². The molecule has 0 aliphatic rings. The SMILES string of the molecule is CCc1cccc(C)c1NC(=O)CCCCO. The highest BCUT2D eigenvalue weighted by molar-refractivity contribution is 5.92. The van der Waals surface area contributed by atoms with Crippen molar-refractivity contribution in [1.82, 2.24) is 0 Å². The summed E-state index contributed by atoms with van der Waals surface area (Å²) < 4.78 is 0. The fourth-order valence-electron chi connectivity index (χ4n) is 1.80. The van der Waals surface area contributed by atoms with Crippen LogP contribution in [0.15, 0.2) is 18.2 Å². The Morgan fingerprint density at radius 1 is 1.35 bits per heavy atom. The third kappa shape index (κ3) is 4.19. The molecule has 0 aliphatic carbocycles. The van der Waals surface area contributed by atoms with E-state index in [1.165, 1.54) is 5.56 Å². The molecule has 1 aromatic rings. The molecule has 3 heteroatoms. The summed E-state index contributed by atoms with van der Waals surface area (Å²) in [7, 11) is 0. The van der Waals surface area contributed by atoms with Crippen molar-refractivity contribution in [3.63, 3.8) is 0 Å². The van der Waals surface area contributed by atoms with Crippen LogP contribution in [0.25, 0.3) is 0 Å². The number of nitrogens with one attached hydrogen (secondary N) is 1. The number of hydrogen-bond acceptors (Lipinski definition) is 2. The van der Waals surface area contributed by atoms with Crippen LogP contribution in [0.4, 0.5) is 5.69 Å². The second-order valence-electron chi connectivity index (χ2n) is 4.19. The third-order valence-electron chi connectivity index (χ3n) is 2.82. The van der Waals surface area contributed by atoms with Crippen LogP contribution < -0.4 is 5.32 Å². The Morgan fingerprint density at radius 2 is 2.12 bits per heavy atom. The summed E-state index contributed by atoms with van der Waals surface area (Å²) in [5.74, 6) is 0.0300. The van der Waals surface area contributed by atoms with Gasteiger partial charge in [0.05, 0.1) is 0 Å². The van der Waals surface area contributed by atoms with Gasteiger partial charge in [-0.05, 0) is 37.3 Å². The molecule has 0 aliphatic heterocycles. The van der Waals surface area contributed by atoms with Crippen LogP contribution >= 0.6 is 0 Å². The standard InChI is InChI=1S/C14H21NO2/c1-3-12-8-6-7-11(2)14(12)15-13(17)9-4-5-10-16/h6-8,16H,3-5,9-10H2,1-2H3,(H,15,17). The minimum Gasteiger partial charge on any atom is -0.396 e. The van der Waals surface area contributed by atoms with Gasteiger partial charge in [-0.1, -0.05) is 25.1 Å². The Morgan fingerprint density at radius 3 is 2.76 bits per heavy atom. The van der Waals surface area contributed by atoms with Crippen LogP contribution in [0.3, 0.4) is 0 Å². The summed E-state index contributed by atoms with van der Waals surface area (Å²) in [5, 5.41) is 11.6. The van der Waals surface area contributed by atoms with Gasteiger partial charge in [0.1, 0.15) is 0 Å². The normalized spacial score (nSPS) is 10.3. The quantitative estimate of drug-likeness (QED) is 0.745. The summed E-state index contributed by atoms with van der Waals surface area (Å²) in [5.41, 5.74) is 3.21. The molecule has 0 spiro atoms. The Labute approximate surface area is 103 Å². The second kappa shape index (κ2) is 7.07. The lowest BCUT2D eigenvalue weighted by molar-refractivity contribution is -0.116. The van der Waals surface area contributed by atoms with E-state index in [1.807, 2.05) is 25.1 Å². The summed E-state index contributed by atoms with van der Waals surface area (Å²) in [6, 6.07) is 6.05. The lowest BCUT2D eigenvalue weighted by atomic mass is 10.1. The van der Waals surface area contributed by atoms with Crippen LogP contribution in [0, 0.1) is 6.92 Å². The van der Waals surface area contributed by atoms with Gasteiger partial charge in [0.25, 0.3) is 0 Å². The number of unbranched alkanes of at least 4 members (excludes halogenated alkanes) is 1. The number of aliphatic hydroxyl groups is 1. The lowest BCUT2D eigenvalue weighted by Gasteiger charge is -2.12. The highest BCUT2D eigenvalue weighted by Crippen LogP contribution is 2.21. The molecule has 0 aromatic heterocycles. The van der Waals surface area contributed by atoms with Crippen LogP contribution in [0.1, 0.15) is 37.3 Å². The maximum absolute atomic E-state index is 11.7. The number of benzene rings is 1. The summed E-state index contributed by atoms with van der Waals surface area (Å²) in [4.78, 5) is 11.7. The van der Waals surface area contributed by atoms with E-state index in [-0.39, 0.29) is 12.5 Å². The Hall–Kier alpha value is -1.35. The first-order valence-electron chi connectivity index (χ1n) is 6.18. The smallest absolute Gasteiger partial charge is 0.224 e. The largest absolute Gasteiger partial charge is 0.396 e. The molecule has 0 saturated heterocycles. The van der Waals surface area contributed by atoms with Crippen molar-refractivity contribution in [1.29, 1.82) is 0 Å². The van der Waals surface area contributed by atoms with Gasteiger partial charge in [0.15, 0.2) is 0 Å². The molecule has 0 bridgehead atoms. The predicted molar refractivity (Wildman–Crippen MR) is 70.1 cm³/mol. The molecule has 0 saturated carbocycles. The van der Waals surface area contributed by atoms with Crippen molar-refractivity contribution in [2.45, 2.75) is 39.5 Å². The van der Waals surface area contributed by atoms with Crippen molar-refractivity contribution in [2.75, 3.05) is 11.9 Å². The fourth-order valence-corrected chi connectivity index (χ4v) is 1.80. The van der Waals surface area contributed by atoms with Gasteiger partial charge in [-0.25, -0.2) is 0 Å². The molecule has 94 valence electrons. The van der Waals surface area contributed by atoms with E-state index in [9.17, 15) is 4.79 Å². The van der Waals surface area contributed by atoms with Crippen LogP contribution in [-0.2, 0) is 11.2 Å². The zero-order valence-corrected chi connectivity index (χ0v) is 10.6. The highest BCUT2D eigenvalue weighted by Gasteiger charge is 2.07. The van der Waals surface area contributed by atoms with E-state index in [4.69, 9.17) is 5.11 Å². The van der Waals surface area contributed by atoms with Gasteiger partial charge in [-0.15, -0.1) is 0 Å². The van der Waals surface area contributed by atoms with Gasteiger partial charge >= 0.3 is 0 Å². The summed E-state index contributed by atoms with van der Waals surface area (Å²) in [6.07, 6.45) is 2.80. The van der Waals surface area contributed by atoms with E-state index in [0.717, 1.165) is 24.1 Å². The molecule has 0 fully saturated rings. The number of aryl methyl sites for hydroxylation is 2. The predicted octanol–water partition coefficient (Wildman–Crippen LogP) is 2.66. The molecule has 1 rings (SSSR count). The van der Waals surface area contributed by atoms with E-state index in [1.54, 1.807) is 0 Å². The minimum atomic E-state index is 0.0300. The van der Waals surface area contributed by atoms with E-state index in [0.29, 0.717) is 12.8 Å². The first-order valence-corrected chi connectivity index (χ1v) is 6.18. The fraction of sp³-hybridized carbons (Fsp3) is 0.500. The zero-order chi connectivity index (χ0) is 12.7. The molecule has 1 aromatic carbocycles. The van der Waals surface area contributed by atoms with E-state index in [2.05, 4.69) is 12.2 Å². The molecule has 0 unspecified atom stereocenters. The number of carbonyl (C=O) groups is 1. The number of anilines is 1. The number of carbonyl (C=O) groups excluding carboxylic acids is 1. The summed E-state index contributed by atoms with van der Waals surface area (Å²) in [6.45, 7) is 4.23. The lowest BCUT2D eigenvalue weighted by Crippen LogP contribution is -2.13. The molecule has 17 heavy (non-hydrogen) atoms. The van der Waals surface area contributed by atoms with Crippen LogP contribution in [0.5, 0.6) is 0 Å². The highest BCUT2D eigenvalue weighted by atomic mass is 16.2. The zero-order valence-electron chi connectivity index (χ0n) is 10.6. The van der Waals surface area contributed by atoms with Crippen molar-refractivity contribution < 1.29 is 9.90 Å². The maximum atomic E-state index is 11.7. The molecular weight excluding hydrogens is 214 g/mol. The minimum absolute atomic E-state index is 0.0300. The second-order valence-corrected chi connectivity index (χ2v) is 4.19. The Kier molecular flexibility index (Phi) is 5.70. The molecular formula is C14H21NO2.